The summed E-state index contributed by atoms with van der Waals surface area (Å²) in [7, 11) is -3.60. The van der Waals surface area contributed by atoms with Crippen molar-refractivity contribution in [3.63, 3.8) is 0 Å². The van der Waals surface area contributed by atoms with E-state index in [0.29, 0.717) is 13.0 Å². The molecule has 6 heteroatoms. The molecule has 0 unspecified atom stereocenters. The van der Waals surface area contributed by atoms with E-state index in [1.54, 1.807) is 18.2 Å². The lowest BCUT2D eigenvalue weighted by atomic mass is 10.1. The molecule has 2 N–H and O–H groups in total. The summed E-state index contributed by atoms with van der Waals surface area (Å²) in [6.07, 6.45) is 1.33. The number of nitrogens with one attached hydrogen (secondary N) is 2. The van der Waals surface area contributed by atoms with Crippen molar-refractivity contribution in [1.29, 1.82) is 0 Å². The molecule has 1 atom stereocenters. The smallest absolute Gasteiger partial charge is 0.241 e. The SMILES string of the molecule is O=C1NCCC[C@@H]1NS(=O)(=O)c1ccccc1. The molecule has 1 aliphatic rings. The molecular weight excluding hydrogens is 240 g/mol. The molecule has 1 saturated heterocycles. The lowest BCUT2D eigenvalue weighted by Gasteiger charge is -2.22. The summed E-state index contributed by atoms with van der Waals surface area (Å²) < 4.78 is 26.3. The fraction of sp³-hybridized carbons (Fsp3) is 0.364. The zero-order valence-electron chi connectivity index (χ0n) is 9.22. The van der Waals surface area contributed by atoms with Crippen LogP contribution >= 0.6 is 0 Å². The van der Waals surface area contributed by atoms with Crippen molar-refractivity contribution in [3.05, 3.63) is 30.3 Å². The first-order valence-electron chi connectivity index (χ1n) is 5.45. The van der Waals surface area contributed by atoms with Gasteiger partial charge in [-0.15, -0.1) is 0 Å². The van der Waals surface area contributed by atoms with E-state index in [2.05, 4.69) is 10.0 Å². The van der Waals surface area contributed by atoms with Gasteiger partial charge in [0, 0.05) is 6.54 Å². The van der Waals surface area contributed by atoms with E-state index < -0.39 is 16.1 Å². The fourth-order valence-corrected chi connectivity index (χ4v) is 2.99. The van der Waals surface area contributed by atoms with Gasteiger partial charge in [0.15, 0.2) is 0 Å². The molecule has 0 radical (unpaired) electrons. The number of hydrogen-bond donors (Lipinski definition) is 2. The molecule has 0 aliphatic carbocycles. The molecule has 1 aromatic carbocycles. The van der Waals surface area contributed by atoms with Crippen molar-refractivity contribution >= 4 is 15.9 Å². The van der Waals surface area contributed by atoms with Crippen LogP contribution in [0.5, 0.6) is 0 Å². The van der Waals surface area contributed by atoms with Gasteiger partial charge in [-0.2, -0.15) is 4.72 Å². The van der Waals surface area contributed by atoms with Gasteiger partial charge in [-0.05, 0) is 25.0 Å². The number of piperidine rings is 1. The van der Waals surface area contributed by atoms with E-state index in [4.69, 9.17) is 0 Å². The highest BCUT2D eigenvalue weighted by Crippen LogP contribution is 2.11. The number of carbonyl (C=O) groups excluding carboxylic acids is 1. The van der Waals surface area contributed by atoms with E-state index in [1.165, 1.54) is 12.1 Å². The minimum atomic E-state index is -3.60. The Morgan fingerprint density at radius 2 is 1.94 bits per heavy atom. The zero-order valence-corrected chi connectivity index (χ0v) is 10.0. The molecule has 0 bridgehead atoms. The van der Waals surface area contributed by atoms with Gasteiger partial charge in [0.2, 0.25) is 15.9 Å². The van der Waals surface area contributed by atoms with Crippen molar-refractivity contribution in [3.8, 4) is 0 Å². The molecular formula is C11H14N2O3S. The lowest BCUT2D eigenvalue weighted by Crippen LogP contribution is -2.50. The highest BCUT2D eigenvalue weighted by atomic mass is 32.2. The third-order valence-corrected chi connectivity index (χ3v) is 4.12. The number of sulfonamides is 1. The first-order chi connectivity index (χ1) is 8.09. The molecule has 0 spiro atoms. The third-order valence-electron chi connectivity index (χ3n) is 2.64. The van der Waals surface area contributed by atoms with Gasteiger partial charge in [-0.1, -0.05) is 18.2 Å². The van der Waals surface area contributed by atoms with Gasteiger partial charge >= 0.3 is 0 Å². The van der Waals surface area contributed by atoms with Crippen molar-refractivity contribution < 1.29 is 13.2 Å². The van der Waals surface area contributed by atoms with Crippen LogP contribution in [0.25, 0.3) is 0 Å². The van der Waals surface area contributed by atoms with Gasteiger partial charge in [0.1, 0.15) is 6.04 Å². The van der Waals surface area contributed by atoms with Crippen molar-refractivity contribution in [2.24, 2.45) is 0 Å². The maximum Gasteiger partial charge on any atom is 0.241 e. The Morgan fingerprint density at radius 1 is 1.24 bits per heavy atom. The van der Waals surface area contributed by atoms with E-state index in [9.17, 15) is 13.2 Å². The first-order valence-corrected chi connectivity index (χ1v) is 6.93. The van der Waals surface area contributed by atoms with Crippen LogP contribution in [0.1, 0.15) is 12.8 Å². The largest absolute Gasteiger partial charge is 0.355 e. The molecule has 1 aromatic rings. The van der Waals surface area contributed by atoms with Crippen LogP contribution in [-0.2, 0) is 14.8 Å². The molecule has 1 amide bonds. The Morgan fingerprint density at radius 3 is 2.59 bits per heavy atom. The van der Waals surface area contributed by atoms with Crippen LogP contribution in [-0.4, -0.2) is 26.9 Å². The highest BCUT2D eigenvalue weighted by molar-refractivity contribution is 7.89. The molecule has 1 heterocycles. The summed E-state index contributed by atoms with van der Waals surface area (Å²) in [5.41, 5.74) is 0. The minimum absolute atomic E-state index is 0.179. The minimum Gasteiger partial charge on any atom is -0.355 e. The van der Waals surface area contributed by atoms with Crippen LogP contribution in [0, 0.1) is 0 Å². The number of hydrogen-bond acceptors (Lipinski definition) is 3. The Balaban J connectivity index is 2.15. The van der Waals surface area contributed by atoms with E-state index >= 15 is 0 Å². The number of carbonyl (C=O) groups is 1. The molecule has 2 rings (SSSR count). The second-order valence-corrected chi connectivity index (χ2v) is 5.63. The summed E-state index contributed by atoms with van der Waals surface area (Å²) in [4.78, 5) is 11.6. The number of rotatable bonds is 3. The normalized spacial score (nSPS) is 20.9. The second-order valence-electron chi connectivity index (χ2n) is 3.92. The average molecular weight is 254 g/mol. The Labute approximate surface area is 100 Å². The summed E-state index contributed by atoms with van der Waals surface area (Å²) in [5, 5.41) is 2.64. The topological polar surface area (TPSA) is 75.3 Å². The molecule has 1 aliphatic heterocycles. The second kappa shape index (κ2) is 4.85. The average Bonchev–Trinajstić information content (AvgIpc) is 2.33. The van der Waals surface area contributed by atoms with Gasteiger partial charge in [-0.3, -0.25) is 4.79 Å². The quantitative estimate of drug-likeness (QED) is 0.811. The van der Waals surface area contributed by atoms with Crippen molar-refractivity contribution in [2.45, 2.75) is 23.8 Å². The highest BCUT2D eigenvalue weighted by Gasteiger charge is 2.27. The summed E-state index contributed by atoms with van der Waals surface area (Å²) in [6, 6.07) is 7.39. The van der Waals surface area contributed by atoms with Crippen LogP contribution in [0.15, 0.2) is 35.2 Å². The number of amides is 1. The summed E-state index contributed by atoms with van der Waals surface area (Å²) >= 11 is 0. The van der Waals surface area contributed by atoms with Crippen molar-refractivity contribution in [2.75, 3.05) is 6.54 Å². The van der Waals surface area contributed by atoms with Crippen LogP contribution in [0.3, 0.4) is 0 Å². The van der Waals surface area contributed by atoms with Crippen LogP contribution < -0.4 is 10.0 Å². The molecule has 0 aromatic heterocycles. The summed E-state index contributed by atoms with van der Waals surface area (Å²) in [6.45, 7) is 0.613. The van der Waals surface area contributed by atoms with E-state index in [-0.39, 0.29) is 10.8 Å². The Kier molecular flexibility index (Phi) is 3.44. The Bertz CT molecular complexity index is 499. The fourth-order valence-electron chi connectivity index (χ4n) is 1.74. The molecule has 1 fully saturated rings. The molecule has 0 saturated carbocycles. The molecule has 17 heavy (non-hydrogen) atoms. The number of benzene rings is 1. The van der Waals surface area contributed by atoms with Gasteiger partial charge in [0.25, 0.3) is 0 Å². The molecule has 92 valence electrons. The van der Waals surface area contributed by atoms with E-state index in [0.717, 1.165) is 6.42 Å². The maximum atomic E-state index is 12.0. The van der Waals surface area contributed by atoms with Gasteiger partial charge in [-0.25, -0.2) is 8.42 Å². The molecule has 5 nitrogen and oxygen atoms in total. The third kappa shape index (κ3) is 2.83. The van der Waals surface area contributed by atoms with Gasteiger partial charge in [0.05, 0.1) is 4.90 Å². The van der Waals surface area contributed by atoms with Crippen molar-refractivity contribution in [1.82, 2.24) is 10.0 Å². The van der Waals surface area contributed by atoms with Crippen LogP contribution in [0.4, 0.5) is 0 Å². The standard InChI is InChI=1S/C11H14N2O3S/c14-11-10(7-4-8-12-11)13-17(15,16)9-5-2-1-3-6-9/h1-3,5-6,10,13H,4,7-8H2,(H,12,14)/t10-/m0/s1. The lowest BCUT2D eigenvalue weighted by molar-refractivity contribution is -0.124. The van der Waals surface area contributed by atoms with E-state index in [1.807, 2.05) is 0 Å². The summed E-state index contributed by atoms with van der Waals surface area (Å²) in [5.74, 6) is -0.254. The zero-order chi connectivity index (χ0) is 12.3. The maximum absolute atomic E-state index is 12.0. The van der Waals surface area contributed by atoms with Crippen LogP contribution in [0.2, 0.25) is 0 Å². The Hall–Kier alpha value is -1.40. The monoisotopic (exact) mass is 254 g/mol. The predicted molar refractivity (Wildman–Crippen MR) is 62.8 cm³/mol. The first kappa shape index (κ1) is 12.1. The van der Waals surface area contributed by atoms with Gasteiger partial charge < -0.3 is 5.32 Å². The predicted octanol–water partition coefficient (Wildman–Crippen LogP) is 0.243.